The van der Waals surface area contributed by atoms with Gasteiger partial charge in [-0.2, -0.15) is 0 Å². The van der Waals surface area contributed by atoms with Crippen molar-refractivity contribution in [1.82, 2.24) is 10.2 Å². The van der Waals surface area contributed by atoms with Crippen molar-refractivity contribution in [2.45, 2.75) is 26.3 Å². The zero-order valence-electron chi connectivity index (χ0n) is 14.7. The normalized spacial score (nSPS) is 15.6. The molecule has 4 amide bonds. The van der Waals surface area contributed by atoms with Crippen LogP contribution in [-0.4, -0.2) is 54.0 Å². The van der Waals surface area contributed by atoms with Crippen molar-refractivity contribution in [2.75, 3.05) is 24.6 Å². The Morgan fingerprint density at radius 3 is 2.35 bits per heavy atom. The Kier molecular flexibility index (Phi) is 5.59. The van der Waals surface area contributed by atoms with Gasteiger partial charge in [0.25, 0.3) is 11.8 Å². The number of likely N-dealkylation sites (N-methyl/N-ethyl adjacent to an activating group) is 1. The van der Waals surface area contributed by atoms with Gasteiger partial charge in [0.2, 0.25) is 0 Å². The van der Waals surface area contributed by atoms with Crippen molar-refractivity contribution in [1.29, 1.82) is 0 Å². The molecule has 1 N–H and O–H groups in total. The highest BCUT2D eigenvalue weighted by Crippen LogP contribution is 2.17. The fourth-order valence-electron chi connectivity index (χ4n) is 2.48. The van der Waals surface area contributed by atoms with E-state index in [-0.39, 0.29) is 0 Å². The Morgan fingerprint density at radius 2 is 1.85 bits per heavy atom. The van der Waals surface area contributed by atoms with E-state index in [9.17, 15) is 23.6 Å². The van der Waals surface area contributed by atoms with E-state index in [0.29, 0.717) is 12.2 Å². The van der Waals surface area contributed by atoms with Crippen LogP contribution in [0.2, 0.25) is 0 Å². The molecule has 0 spiro atoms. The summed E-state index contributed by atoms with van der Waals surface area (Å²) in [5, 5.41) is 2.44. The van der Waals surface area contributed by atoms with E-state index >= 15 is 0 Å². The molecule has 0 saturated carbocycles. The van der Waals surface area contributed by atoms with E-state index in [4.69, 9.17) is 4.74 Å². The van der Waals surface area contributed by atoms with Gasteiger partial charge >= 0.3 is 12.0 Å². The van der Waals surface area contributed by atoms with Crippen molar-refractivity contribution >= 4 is 29.5 Å². The molecule has 8 nitrogen and oxygen atoms in total. The Labute approximate surface area is 149 Å². The quantitative estimate of drug-likeness (QED) is 0.601. The van der Waals surface area contributed by atoms with Crippen LogP contribution in [0.3, 0.4) is 0 Å². The van der Waals surface area contributed by atoms with Crippen LogP contribution < -0.4 is 10.2 Å². The minimum Gasteiger partial charge on any atom is -0.454 e. The SMILES string of the molecule is CCN(C(=O)COC(=O)CN1C(=O)NC(C)(C)C1=O)c1ccc(F)cc1. The lowest BCUT2D eigenvalue weighted by Crippen LogP contribution is -2.41. The summed E-state index contributed by atoms with van der Waals surface area (Å²) in [6.07, 6.45) is 0. The van der Waals surface area contributed by atoms with Crippen LogP contribution >= 0.6 is 0 Å². The average molecular weight is 365 g/mol. The fourth-order valence-corrected chi connectivity index (χ4v) is 2.48. The second-order valence-electron chi connectivity index (χ2n) is 6.22. The van der Waals surface area contributed by atoms with Crippen LogP contribution in [0.5, 0.6) is 0 Å². The standard InChI is InChI=1S/C17H20FN3O5/c1-4-20(12-7-5-11(18)6-8-12)13(22)10-26-14(23)9-21-15(24)17(2,3)19-16(21)25/h5-8H,4,9-10H2,1-3H3,(H,19,25). The second-order valence-corrected chi connectivity index (χ2v) is 6.22. The number of benzene rings is 1. The number of imide groups is 1. The Morgan fingerprint density at radius 1 is 1.23 bits per heavy atom. The number of hydrogen-bond acceptors (Lipinski definition) is 5. The number of esters is 1. The number of carbonyl (C=O) groups is 4. The zero-order valence-corrected chi connectivity index (χ0v) is 14.7. The molecule has 0 radical (unpaired) electrons. The molecule has 1 fully saturated rings. The summed E-state index contributed by atoms with van der Waals surface area (Å²) in [6, 6.07) is 4.62. The first kappa shape index (κ1) is 19.4. The molecule has 0 unspecified atom stereocenters. The molecule has 1 aliphatic rings. The number of nitrogens with one attached hydrogen (secondary N) is 1. The molecule has 0 aliphatic carbocycles. The number of hydrogen-bond donors (Lipinski definition) is 1. The smallest absolute Gasteiger partial charge is 0.326 e. The lowest BCUT2D eigenvalue weighted by molar-refractivity contribution is -0.150. The first-order valence-corrected chi connectivity index (χ1v) is 8.01. The van der Waals surface area contributed by atoms with E-state index in [1.165, 1.54) is 43.0 Å². The zero-order chi connectivity index (χ0) is 19.5. The highest BCUT2D eigenvalue weighted by molar-refractivity contribution is 6.08. The van der Waals surface area contributed by atoms with Crippen molar-refractivity contribution < 1.29 is 28.3 Å². The summed E-state index contributed by atoms with van der Waals surface area (Å²) in [5.41, 5.74) is -0.625. The number of amides is 4. The summed E-state index contributed by atoms with van der Waals surface area (Å²) in [5.74, 6) is -2.37. The number of urea groups is 1. The number of ether oxygens (including phenoxy) is 1. The third-order valence-electron chi connectivity index (χ3n) is 3.84. The highest BCUT2D eigenvalue weighted by atomic mass is 19.1. The van der Waals surface area contributed by atoms with E-state index in [1.807, 2.05) is 0 Å². The maximum Gasteiger partial charge on any atom is 0.326 e. The Bertz CT molecular complexity index is 732. The molecule has 140 valence electrons. The third kappa shape index (κ3) is 4.16. The van der Waals surface area contributed by atoms with Crippen molar-refractivity contribution in [3.05, 3.63) is 30.1 Å². The molecule has 1 heterocycles. The molecule has 1 aromatic carbocycles. The van der Waals surface area contributed by atoms with Gasteiger partial charge in [0.1, 0.15) is 17.9 Å². The minimum absolute atomic E-state index is 0.295. The van der Waals surface area contributed by atoms with Crippen molar-refractivity contribution in [2.24, 2.45) is 0 Å². The van der Waals surface area contributed by atoms with Gasteiger partial charge in [-0.15, -0.1) is 0 Å². The average Bonchev–Trinajstić information content (AvgIpc) is 2.77. The minimum atomic E-state index is -1.09. The monoisotopic (exact) mass is 365 g/mol. The highest BCUT2D eigenvalue weighted by Gasteiger charge is 2.45. The van der Waals surface area contributed by atoms with Gasteiger partial charge in [-0.1, -0.05) is 0 Å². The van der Waals surface area contributed by atoms with E-state index in [0.717, 1.165) is 4.90 Å². The van der Waals surface area contributed by atoms with Crippen LogP contribution in [0.4, 0.5) is 14.9 Å². The van der Waals surface area contributed by atoms with Gasteiger partial charge in [-0.05, 0) is 45.0 Å². The Hall–Kier alpha value is -2.97. The maximum absolute atomic E-state index is 13.0. The van der Waals surface area contributed by atoms with Crippen LogP contribution in [0, 0.1) is 5.82 Å². The van der Waals surface area contributed by atoms with Crippen LogP contribution in [0.25, 0.3) is 0 Å². The van der Waals surface area contributed by atoms with Gasteiger partial charge in [0, 0.05) is 12.2 Å². The summed E-state index contributed by atoms with van der Waals surface area (Å²) in [4.78, 5) is 49.9. The van der Waals surface area contributed by atoms with Gasteiger partial charge in [0.15, 0.2) is 6.61 Å². The number of nitrogens with zero attached hydrogens (tertiary/aromatic N) is 2. The molecule has 0 bridgehead atoms. The number of carbonyl (C=O) groups excluding carboxylic acids is 4. The van der Waals surface area contributed by atoms with E-state index in [2.05, 4.69) is 5.32 Å². The van der Waals surface area contributed by atoms with Crippen LogP contribution in [0.15, 0.2) is 24.3 Å². The molecule has 9 heteroatoms. The van der Waals surface area contributed by atoms with Gasteiger partial charge in [0.05, 0.1) is 0 Å². The van der Waals surface area contributed by atoms with E-state index < -0.39 is 48.3 Å². The largest absolute Gasteiger partial charge is 0.454 e. The predicted octanol–water partition coefficient (Wildman–Crippen LogP) is 1.05. The first-order valence-electron chi connectivity index (χ1n) is 8.01. The maximum atomic E-state index is 13.0. The van der Waals surface area contributed by atoms with Gasteiger partial charge in [-0.25, -0.2) is 9.18 Å². The topological polar surface area (TPSA) is 96.0 Å². The Balaban J connectivity index is 1.92. The molecule has 26 heavy (non-hydrogen) atoms. The summed E-state index contributed by atoms with van der Waals surface area (Å²) in [7, 11) is 0. The molecule has 1 aliphatic heterocycles. The van der Waals surface area contributed by atoms with Crippen LogP contribution in [0.1, 0.15) is 20.8 Å². The predicted molar refractivity (Wildman–Crippen MR) is 89.7 cm³/mol. The van der Waals surface area contributed by atoms with Crippen molar-refractivity contribution in [3.8, 4) is 0 Å². The summed E-state index contributed by atoms with van der Waals surface area (Å²) >= 11 is 0. The van der Waals surface area contributed by atoms with Gasteiger partial charge in [-0.3, -0.25) is 19.3 Å². The molecule has 0 atom stereocenters. The summed E-state index contributed by atoms with van der Waals surface area (Å²) in [6.45, 7) is 3.91. The van der Waals surface area contributed by atoms with Crippen LogP contribution in [-0.2, 0) is 19.1 Å². The van der Waals surface area contributed by atoms with Crippen molar-refractivity contribution in [3.63, 3.8) is 0 Å². The molecule has 1 saturated heterocycles. The number of anilines is 1. The molecular weight excluding hydrogens is 345 g/mol. The fraction of sp³-hybridized carbons (Fsp3) is 0.412. The number of rotatable bonds is 6. The van der Waals surface area contributed by atoms with Gasteiger partial charge < -0.3 is 15.0 Å². The molecule has 2 rings (SSSR count). The second kappa shape index (κ2) is 7.51. The number of halogens is 1. The summed E-state index contributed by atoms with van der Waals surface area (Å²) < 4.78 is 17.9. The third-order valence-corrected chi connectivity index (χ3v) is 3.84. The molecule has 0 aromatic heterocycles. The lowest BCUT2D eigenvalue weighted by Gasteiger charge is -2.21. The lowest BCUT2D eigenvalue weighted by atomic mass is 10.1. The molecular formula is C17H20FN3O5. The molecule has 1 aromatic rings. The first-order chi connectivity index (χ1) is 12.2. The van der Waals surface area contributed by atoms with E-state index in [1.54, 1.807) is 6.92 Å².